The van der Waals surface area contributed by atoms with E-state index in [4.69, 9.17) is 24.7 Å². The van der Waals surface area contributed by atoms with Crippen LogP contribution in [-0.4, -0.2) is 26.3 Å². The SMILES string of the molecule is COc1cc(C2C(C#N)=C(N)Oc3c2c(=O)[nH]c2ccccc32)cc(OC)c1OC. The Morgan fingerprint density at radius 2 is 1.77 bits per heavy atom. The Morgan fingerprint density at radius 1 is 1.10 bits per heavy atom. The summed E-state index contributed by atoms with van der Waals surface area (Å²) in [6.45, 7) is 0. The fourth-order valence-electron chi connectivity index (χ4n) is 3.77. The van der Waals surface area contributed by atoms with Gasteiger partial charge < -0.3 is 29.7 Å². The van der Waals surface area contributed by atoms with Crippen LogP contribution in [0.5, 0.6) is 23.0 Å². The van der Waals surface area contributed by atoms with Crippen LogP contribution < -0.4 is 30.2 Å². The van der Waals surface area contributed by atoms with Crippen molar-refractivity contribution in [2.24, 2.45) is 5.73 Å². The molecule has 1 aromatic heterocycles. The zero-order chi connectivity index (χ0) is 21.4. The van der Waals surface area contributed by atoms with Crippen molar-refractivity contribution in [2.45, 2.75) is 5.92 Å². The Labute approximate surface area is 172 Å². The molecule has 152 valence electrons. The normalized spacial score (nSPS) is 15.2. The van der Waals surface area contributed by atoms with E-state index in [1.54, 1.807) is 18.2 Å². The number of rotatable bonds is 4. The summed E-state index contributed by atoms with van der Waals surface area (Å²) in [6, 6.07) is 12.7. The molecule has 0 saturated carbocycles. The van der Waals surface area contributed by atoms with Gasteiger partial charge in [-0.25, -0.2) is 0 Å². The third kappa shape index (κ3) is 2.79. The number of hydrogen-bond acceptors (Lipinski definition) is 7. The number of nitrogens with two attached hydrogens (primary N) is 1. The van der Waals surface area contributed by atoms with E-state index >= 15 is 0 Å². The number of benzene rings is 2. The summed E-state index contributed by atoms with van der Waals surface area (Å²) in [5, 5.41) is 10.5. The molecule has 8 nitrogen and oxygen atoms in total. The maximum atomic E-state index is 13.1. The molecule has 4 rings (SSSR count). The lowest BCUT2D eigenvalue weighted by atomic mass is 9.83. The number of H-pyrrole nitrogens is 1. The van der Waals surface area contributed by atoms with Gasteiger partial charge in [0.2, 0.25) is 11.6 Å². The average molecular weight is 405 g/mol. The smallest absolute Gasteiger partial charge is 0.256 e. The molecule has 2 heterocycles. The van der Waals surface area contributed by atoms with Crippen LogP contribution in [0.25, 0.3) is 10.9 Å². The summed E-state index contributed by atoms with van der Waals surface area (Å²) in [6.07, 6.45) is 0. The van der Waals surface area contributed by atoms with Gasteiger partial charge in [0.25, 0.3) is 5.56 Å². The van der Waals surface area contributed by atoms with Crippen LogP contribution in [0.4, 0.5) is 0 Å². The summed E-state index contributed by atoms with van der Waals surface area (Å²) in [5.74, 6) is 0.685. The molecule has 1 aliphatic heterocycles. The van der Waals surface area contributed by atoms with Crippen molar-refractivity contribution in [1.82, 2.24) is 4.98 Å². The Morgan fingerprint density at radius 3 is 2.37 bits per heavy atom. The van der Waals surface area contributed by atoms with Crippen LogP contribution in [0.15, 0.2) is 52.6 Å². The Balaban J connectivity index is 2.07. The minimum absolute atomic E-state index is 0.0560. The first kappa shape index (κ1) is 19.2. The van der Waals surface area contributed by atoms with Gasteiger partial charge in [0.1, 0.15) is 17.4 Å². The van der Waals surface area contributed by atoms with E-state index in [9.17, 15) is 10.1 Å². The van der Waals surface area contributed by atoms with Crippen molar-refractivity contribution in [2.75, 3.05) is 21.3 Å². The molecular weight excluding hydrogens is 386 g/mol. The molecular formula is C22H19N3O5. The molecule has 2 aromatic carbocycles. The van der Waals surface area contributed by atoms with Crippen molar-refractivity contribution in [1.29, 1.82) is 5.26 Å². The molecule has 0 bridgehead atoms. The van der Waals surface area contributed by atoms with Gasteiger partial charge in [-0.2, -0.15) is 5.26 Å². The molecule has 0 fully saturated rings. The quantitative estimate of drug-likeness (QED) is 0.685. The number of aromatic amines is 1. The second-order valence-electron chi connectivity index (χ2n) is 6.63. The van der Waals surface area contributed by atoms with E-state index in [0.29, 0.717) is 39.5 Å². The van der Waals surface area contributed by atoms with E-state index in [1.165, 1.54) is 21.3 Å². The van der Waals surface area contributed by atoms with Gasteiger partial charge in [-0.3, -0.25) is 4.79 Å². The van der Waals surface area contributed by atoms with E-state index in [-0.39, 0.29) is 22.6 Å². The van der Waals surface area contributed by atoms with E-state index in [0.717, 1.165) is 0 Å². The lowest BCUT2D eigenvalue weighted by Gasteiger charge is -2.27. The van der Waals surface area contributed by atoms with Gasteiger partial charge in [-0.1, -0.05) is 12.1 Å². The third-order valence-corrected chi connectivity index (χ3v) is 5.10. The number of aromatic nitrogens is 1. The number of ether oxygens (including phenoxy) is 4. The first-order valence-electron chi connectivity index (χ1n) is 9.06. The van der Waals surface area contributed by atoms with Crippen LogP contribution in [0.3, 0.4) is 0 Å². The molecule has 0 saturated heterocycles. The first-order chi connectivity index (χ1) is 14.5. The minimum Gasteiger partial charge on any atom is -0.493 e. The number of allylic oxidation sites excluding steroid dienone is 1. The summed E-state index contributed by atoms with van der Waals surface area (Å²) in [7, 11) is 4.49. The molecule has 0 spiro atoms. The molecule has 0 amide bonds. The summed E-state index contributed by atoms with van der Waals surface area (Å²) in [4.78, 5) is 15.9. The molecule has 30 heavy (non-hydrogen) atoms. The maximum Gasteiger partial charge on any atom is 0.256 e. The van der Waals surface area contributed by atoms with E-state index in [2.05, 4.69) is 11.1 Å². The monoisotopic (exact) mass is 405 g/mol. The standard InChI is InChI=1S/C22H19N3O5/c1-27-15-8-11(9-16(28-2)20(15)29-3)17-13(10-23)21(24)30-19-12-6-4-5-7-14(12)25-22(26)18(17)19/h4-9,17H,24H2,1-3H3,(H,25,26). The Hall–Kier alpha value is -4.12. The Bertz CT molecular complexity index is 1260. The second kappa shape index (κ2) is 7.37. The average Bonchev–Trinajstić information content (AvgIpc) is 2.77. The van der Waals surface area contributed by atoms with E-state index < -0.39 is 5.92 Å². The molecule has 1 aliphatic rings. The lowest BCUT2D eigenvalue weighted by Crippen LogP contribution is -2.28. The predicted octanol–water partition coefficient (Wildman–Crippen LogP) is 2.77. The lowest BCUT2D eigenvalue weighted by molar-refractivity contribution is 0.323. The van der Waals surface area contributed by atoms with Crippen LogP contribution in [-0.2, 0) is 0 Å². The van der Waals surface area contributed by atoms with Gasteiger partial charge in [-0.15, -0.1) is 0 Å². The zero-order valence-electron chi connectivity index (χ0n) is 16.6. The number of pyridine rings is 1. The van der Waals surface area contributed by atoms with Crippen molar-refractivity contribution in [3.05, 3.63) is 69.3 Å². The summed E-state index contributed by atoms with van der Waals surface area (Å²) >= 11 is 0. The van der Waals surface area contributed by atoms with Crippen LogP contribution in [0, 0.1) is 11.3 Å². The number of fused-ring (bicyclic) bond motifs is 3. The van der Waals surface area contributed by atoms with E-state index in [1.807, 2.05) is 18.2 Å². The van der Waals surface area contributed by atoms with Crippen LogP contribution in [0.2, 0.25) is 0 Å². The maximum absolute atomic E-state index is 13.1. The molecule has 3 aromatic rings. The zero-order valence-corrected chi connectivity index (χ0v) is 16.6. The number of nitrogens with one attached hydrogen (secondary N) is 1. The van der Waals surface area contributed by atoms with Gasteiger partial charge in [0.15, 0.2) is 11.5 Å². The molecule has 1 unspecified atom stereocenters. The fraction of sp³-hybridized carbons (Fsp3) is 0.182. The molecule has 8 heteroatoms. The highest BCUT2D eigenvalue weighted by molar-refractivity contribution is 5.87. The van der Waals surface area contributed by atoms with Crippen molar-refractivity contribution in [3.63, 3.8) is 0 Å². The highest BCUT2D eigenvalue weighted by Crippen LogP contribution is 2.47. The van der Waals surface area contributed by atoms with Gasteiger partial charge in [0, 0.05) is 5.39 Å². The topological polar surface area (TPSA) is 120 Å². The van der Waals surface area contributed by atoms with Crippen LogP contribution in [0.1, 0.15) is 17.0 Å². The van der Waals surface area contributed by atoms with Crippen molar-refractivity contribution >= 4 is 10.9 Å². The predicted molar refractivity (Wildman–Crippen MR) is 110 cm³/mol. The number of hydrogen-bond donors (Lipinski definition) is 2. The third-order valence-electron chi connectivity index (χ3n) is 5.10. The molecule has 0 aliphatic carbocycles. The van der Waals surface area contributed by atoms with Crippen LogP contribution >= 0.6 is 0 Å². The van der Waals surface area contributed by atoms with Gasteiger partial charge >= 0.3 is 0 Å². The van der Waals surface area contributed by atoms with Gasteiger partial charge in [-0.05, 0) is 29.8 Å². The van der Waals surface area contributed by atoms with Gasteiger partial charge in [0.05, 0.1) is 38.3 Å². The molecule has 3 N–H and O–H groups in total. The number of nitriles is 1. The Kier molecular flexibility index (Phi) is 4.72. The minimum atomic E-state index is -0.777. The number of methoxy groups -OCH3 is 3. The first-order valence-corrected chi connectivity index (χ1v) is 9.06. The number of nitrogens with zero attached hydrogens (tertiary/aromatic N) is 1. The summed E-state index contributed by atoms with van der Waals surface area (Å²) < 4.78 is 22.0. The molecule has 0 radical (unpaired) electrons. The highest BCUT2D eigenvalue weighted by Gasteiger charge is 2.35. The fourth-order valence-corrected chi connectivity index (χ4v) is 3.77. The molecule has 1 atom stereocenters. The van der Waals surface area contributed by atoms with Crippen molar-refractivity contribution in [3.8, 4) is 29.1 Å². The van der Waals surface area contributed by atoms with Crippen molar-refractivity contribution < 1.29 is 18.9 Å². The second-order valence-corrected chi connectivity index (χ2v) is 6.63. The number of para-hydroxylation sites is 1. The largest absolute Gasteiger partial charge is 0.493 e. The summed E-state index contributed by atoms with van der Waals surface area (Å²) in [5.41, 5.74) is 7.33. The highest BCUT2D eigenvalue weighted by atomic mass is 16.5.